The van der Waals surface area contributed by atoms with E-state index in [0.717, 1.165) is 5.56 Å². The van der Waals surface area contributed by atoms with E-state index in [9.17, 15) is 4.39 Å². The molecule has 0 aliphatic carbocycles. The summed E-state index contributed by atoms with van der Waals surface area (Å²) in [4.78, 5) is 0. The third-order valence-electron chi connectivity index (χ3n) is 2.12. The molecule has 0 fully saturated rings. The molecule has 3 heteroatoms. The summed E-state index contributed by atoms with van der Waals surface area (Å²) in [6.45, 7) is 4.01. The van der Waals surface area contributed by atoms with E-state index in [1.165, 1.54) is 12.1 Å². The van der Waals surface area contributed by atoms with Gasteiger partial charge in [-0.05, 0) is 24.3 Å². The average Bonchev–Trinajstić information content (AvgIpc) is 2.68. The number of hydrogen-bond donors (Lipinski definition) is 0. The lowest BCUT2D eigenvalue weighted by molar-refractivity contribution is 0.372. The second-order valence-electron chi connectivity index (χ2n) is 3.68. The third-order valence-corrected chi connectivity index (χ3v) is 2.12. The minimum Gasteiger partial charge on any atom is -0.360 e. The van der Waals surface area contributed by atoms with Crippen LogP contribution in [0.3, 0.4) is 0 Å². The highest BCUT2D eigenvalue weighted by atomic mass is 19.1. The van der Waals surface area contributed by atoms with Crippen LogP contribution in [0.4, 0.5) is 4.39 Å². The van der Waals surface area contributed by atoms with Crippen molar-refractivity contribution >= 4 is 0 Å². The van der Waals surface area contributed by atoms with E-state index in [-0.39, 0.29) is 11.7 Å². The first-order chi connectivity index (χ1) is 7.16. The van der Waals surface area contributed by atoms with Crippen molar-refractivity contribution in [1.82, 2.24) is 5.16 Å². The van der Waals surface area contributed by atoms with Crippen molar-refractivity contribution in [1.29, 1.82) is 0 Å². The summed E-state index contributed by atoms with van der Waals surface area (Å²) in [6.07, 6.45) is 0. The lowest BCUT2D eigenvalue weighted by atomic mass is 10.1. The van der Waals surface area contributed by atoms with Gasteiger partial charge in [0.05, 0.1) is 6.07 Å². The summed E-state index contributed by atoms with van der Waals surface area (Å²) in [5, 5.41) is 3.88. The predicted molar refractivity (Wildman–Crippen MR) is 54.8 cm³/mol. The van der Waals surface area contributed by atoms with Crippen LogP contribution < -0.4 is 0 Å². The first-order valence-electron chi connectivity index (χ1n) is 4.81. The summed E-state index contributed by atoms with van der Waals surface area (Å²) in [6, 6.07) is 9.16. The fraction of sp³-hybridized carbons (Fsp3) is 0.250. The van der Waals surface area contributed by atoms with Crippen LogP contribution in [0, 0.1) is 11.9 Å². The molecule has 15 heavy (non-hydrogen) atoms. The van der Waals surface area contributed by atoms with Crippen molar-refractivity contribution in [2.75, 3.05) is 0 Å². The predicted octanol–water partition coefficient (Wildman–Crippen LogP) is 3.40. The highest BCUT2D eigenvalue weighted by Crippen LogP contribution is 2.22. The van der Waals surface area contributed by atoms with Gasteiger partial charge in [0, 0.05) is 11.5 Å². The first-order valence-corrected chi connectivity index (χ1v) is 4.81. The number of nitrogens with zero attached hydrogens (tertiary/aromatic N) is 1. The van der Waals surface area contributed by atoms with Gasteiger partial charge in [-0.1, -0.05) is 19.0 Å². The molecule has 77 valence electrons. The van der Waals surface area contributed by atoms with Gasteiger partial charge in [-0.15, -0.1) is 0 Å². The highest BCUT2D eigenvalue weighted by Gasteiger charge is 2.09. The lowest BCUT2D eigenvalue weighted by Crippen LogP contribution is -1.81. The van der Waals surface area contributed by atoms with Crippen LogP contribution in [0.25, 0.3) is 11.3 Å². The van der Waals surface area contributed by atoms with Gasteiger partial charge in [-0.3, -0.25) is 0 Å². The van der Waals surface area contributed by atoms with Crippen molar-refractivity contribution in [3.8, 4) is 11.3 Å². The molecule has 0 aliphatic heterocycles. The first kappa shape index (κ1) is 9.90. The molecule has 0 N–H and O–H groups in total. The molecule has 0 saturated heterocycles. The van der Waals surface area contributed by atoms with Gasteiger partial charge in [-0.25, -0.2) is 4.39 Å². The smallest absolute Gasteiger partial charge is 0.147 e. The Morgan fingerprint density at radius 2 is 1.93 bits per heavy atom. The van der Waals surface area contributed by atoms with Gasteiger partial charge in [0.2, 0.25) is 0 Å². The normalized spacial score (nSPS) is 10.9. The molecule has 0 saturated carbocycles. The number of aromatic nitrogens is 1. The van der Waals surface area contributed by atoms with Crippen LogP contribution in [0.5, 0.6) is 0 Å². The Morgan fingerprint density at radius 1 is 1.27 bits per heavy atom. The van der Waals surface area contributed by atoms with Crippen LogP contribution in [-0.4, -0.2) is 5.16 Å². The van der Waals surface area contributed by atoms with Crippen LogP contribution in [0.15, 0.2) is 28.8 Å². The molecule has 0 unspecified atom stereocenters. The quantitative estimate of drug-likeness (QED) is 0.749. The maximum absolute atomic E-state index is 12.7. The number of benzene rings is 1. The monoisotopic (exact) mass is 204 g/mol. The van der Waals surface area contributed by atoms with E-state index in [1.807, 2.05) is 13.8 Å². The number of rotatable bonds is 2. The van der Waals surface area contributed by atoms with Gasteiger partial charge in [0.25, 0.3) is 0 Å². The molecule has 0 atom stereocenters. The fourth-order valence-corrected chi connectivity index (χ4v) is 1.24. The van der Waals surface area contributed by atoms with Crippen molar-refractivity contribution in [2.45, 2.75) is 19.8 Å². The Labute approximate surface area is 87.7 Å². The Hall–Kier alpha value is -1.64. The van der Waals surface area contributed by atoms with E-state index in [4.69, 9.17) is 4.52 Å². The van der Waals surface area contributed by atoms with Crippen molar-refractivity contribution in [2.24, 2.45) is 0 Å². The summed E-state index contributed by atoms with van der Waals surface area (Å²) in [5.74, 6) is 0.715. The van der Waals surface area contributed by atoms with E-state index in [2.05, 4.69) is 11.2 Å². The number of halogens is 1. The van der Waals surface area contributed by atoms with Gasteiger partial charge in [-0.2, -0.15) is 0 Å². The van der Waals surface area contributed by atoms with Crippen LogP contribution in [-0.2, 0) is 0 Å². The van der Waals surface area contributed by atoms with Gasteiger partial charge < -0.3 is 4.52 Å². The van der Waals surface area contributed by atoms with E-state index >= 15 is 0 Å². The second kappa shape index (κ2) is 3.85. The summed E-state index contributed by atoms with van der Waals surface area (Å²) in [7, 11) is 0. The zero-order valence-corrected chi connectivity index (χ0v) is 8.62. The minimum atomic E-state index is -0.258. The molecule has 1 heterocycles. The molecule has 2 rings (SSSR count). The third kappa shape index (κ3) is 2.06. The zero-order valence-electron chi connectivity index (χ0n) is 8.62. The molecule has 0 amide bonds. The zero-order chi connectivity index (χ0) is 10.8. The van der Waals surface area contributed by atoms with Crippen LogP contribution in [0.2, 0.25) is 0 Å². The van der Waals surface area contributed by atoms with Crippen LogP contribution >= 0.6 is 0 Å². The Kier molecular flexibility index (Phi) is 2.54. The molecule has 0 spiro atoms. The molecule has 1 radical (unpaired) electrons. The highest BCUT2D eigenvalue weighted by molar-refractivity contribution is 5.57. The maximum Gasteiger partial charge on any atom is 0.147 e. The Bertz CT molecular complexity index is 445. The summed E-state index contributed by atoms with van der Waals surface area (Å²) < 4.78 is 17.8. The van der Waals surface area contributed by atoms with Crippen molar-refractivity contribution < 1.29 is 8.91 Å². The maximum atomic E-state index is 12.7. The SMILES string of the molecule is CC(C)c1[c]c(-c2ccc(F)cc2)no1. The molecule has 0 bridgehead atoms. The van der Waals surface area contributed by atoms with Gasteiger partial charge >= 0.3 is 0 Å². The van der Waals surface area contributed by atoms with E-state index < -0.39 is 0 Å². The average molecular weight is 204 g/mol. The summed E-state index contributed by atoms with van der Waals surface area (Å²) in [5.41, 5.74) is 1.44. The largest absolute Gasteiger partial charge is 0.360 e. The molecule has 2 aromatic rings. The topological polar surface area (TPSA) is 26.0 Å². The van der Waals surface area contributed by atoms with Crippen molar-refractivity contribution in [3.63, 3.8) is 0 Å². The van der Waals surface area contributed by atoms with Crippen molar-refractivity contribution in [3.05, 3.63) is 41.9 Å². The molecule has 1 aromatic carbocycles. The summed E-state index contributed by atoms with van der Waals surface area (Å²) >= 11 is 0. The second-order valence-corrected chi connectivity index (χ2v) is 3.68. The van der Waals surface area contributed by atoms with Gasteiger partial charge in [0.1, 0.15) is 17.3 Å². The van der Waals surface area contributed by atoms with E-state index in [1.54, 1.807) is 12.1 Å². The lowest BCUT2D eigenvalue weighted by Gasteiger charge is -1.94. The van der Waals surface area contributed by atoms with Crippen LogP contribution in [0.1, 0.15) is 25.5 Å². The Balaban J connectivity index is 2.33. The molecule has 0 aliphatic rings. The Morgan fingerprint density at radius 3 is 2.47 bits per heavy atom. The van der Waals surface area contributed by atoms with E-state index in [0.29, 0.717) is 11.5 Å². The molecular formula is C12H11FNO. The minimum absolute atomic E-state index is 0.256. The fourth-order valence-electron chi connectivity index (χ4n) is 1.24. The molecular weight excluding hydrogens is 193 g/mol. The van der Waals surface area contributed by atoms with Gasteiger partial charge in [0.15, 0.2) is 0 Å². The standard InChI is InChI=1S/C12H11FNO/c1-8(2)12-7-11(14-15-12)9-3-5-10(13)6-4-9/h3-6,8H,1-2H3. The number of hydrogen-bond acceptors (Lipinski definition) is 2. The molecule has 2 nitrogen and oxygen atoms in total. The molecule has 1 aromatic heterocycles.